The van der Waals surface area contributed by atoms with Crippen molar-refractivity contribution in [2.75, 3.05) is 31.1 Å². The summed E-state index contributed by atoms with van der Waals surface area (Å²) >= 11 is -1.88. The molecule has 3 aromatic rings. The lowest BCUT2D eigenvalue weighted by Crippen LogP contribution is -2.46. The Labute approximate surface area is 153 Å². The van der Waals surface area contributed by atoms with Crippen LogP contribution in [0.5, 0.6) is 0 Å². The van der Waals surface area contributed by atoms with Crippen LogP contribution in [0.1, 0.15) is 0 Å². The molecule has 9 heteroatoms. The molecule has 3 heterocycles. The maximum absolute atomic E-state index is 11.1. The fourth-order valence-electron chi connectivity index (χ4n) is 2.98. The molecule has 2 aromatic heterocycles. The summed E-state index contributed by atoms with van der Waals surface area (Å²) in [6, 6.07) is 11.9. The van der Waals surface area contributed by atoms with Gasteiger partial charge in [0.1, 0.15) is 0 Å². The van der Waals surface area contributed by atoms with Crippen molar-refractivity contribution in [3.63, 3.8) is 0 Å². The lowest BCUT2D eigenvalue weighted by atomic mass is 10.1. The Kier molecular flexibility index (Phi) is 4.74. The van der Waals surface area contributed by atoms with E-state index in [9.17, 15) is 4.21 Å². The second-order valence-corrected chi connectivity index (χ2v) is 6.93. The third-order valence-corrected chi connectivity index (χ3v) is 5.21. The number of nitrogens with zero attached hydrogens (tertiary/aromatic N) is 6. The van der Waals surface area contributed by atoms with Gasteiger partial charge in [-0.05, 0) is 29.8 Å². The van der Waals surface area contributed by atoms with Gasteiger partial charge in [0.15, 0.2) is 5.82 Å². The topological polar surface area (TPSA) is 87.4 Å². The second-order valence-electron chi connectivity index (χ2n) is 5.95. The van der Waals surface area contributed by atoms with E-state index in [1.807, 2.05) is 18.3 Å². The minimum atomic E-state index is -1.88. The van der Waals surface area contributed by atoms with Crippen LogP contribution in [0.4, 0.5) is 5.69 Å². The Balaban J connectivity index is 1.47. The molecule has 1 fully saturated rings. The number of rotatable bonds is 4. The van der Waals surface area contributed by atoms with Gasteiger partial charge in [0.25, 0.3) is 0 Å². The van der Waals surface area contributed by atoms with Crippen LogP contribution in [0.2, 0.25) is 0 Å². The molecule has 0 bridgehead atoms. The van der Waals surface area contributed by atoms with E-state index in [4.69, 9.17) is 4.55 Å². The quantitative estimate of drug-likeness (QED) is 0.702. The average molecular weight is 370 g/mol. The molecule has 1 aromatic carbocycles. The van der Waals surface area contributed by atoms with Gasteiger partial charge in [-0.15, -0.1) is 5.10 Å². The minimum absolute atomic E-state index is 0.579. The van der Waals surface area contributed by atoms with Crippen LogP contribution in [0.3, 0.4) is 0 Å². The summed E-state index contributed by atoms with van der Waals surface area (Å²) in [6.07, 6.45) is 5.36. The summed E-state index contributed by atoms with van der Waals surface area (Å²) in [5, 5.41) is 12.3. The molecule has 0 amide bonds. The molecule has 1 atom stereocenters. The molecule has 1 unspecified atom stereocenters. The maximum Gasteiger partial charge on any atom is 0.234 e. The van der Waals surface area contributed by atoms with Crippen LogP contribution in [0.15, 0.2) is 55.0 Å². The highest BCUT2D eigenvalue weighted by atomic mass is 32.2. The number of anilines is 1. The summed E-state index contributed by atoms with van der Waals surface area (Å²) in [7, 11) is 0. The van der Waals surface area contributed by atoms with E-state index in [1.54, 1.807) is 21.4 Å². The molecule has 0 saturated carbocycles. The molecule has 4 rings (SSSR count). The molecule has 0 aliphatic carbocycles. The van der Waals surface area contributed by atoms with Crippen molar-refractivity contribution in [3.05, 3.63) is 55.0 Å². The van der Waals surface area contributed by atoms with Gasteiger partial charge in [-0.2, -0.15) is 14.5 Å². The van der Waals surface area contributed by atoms with Gasteiger partial charge in [-0.25, -0.2) is 8.89 Å². The monoisotopic (exact) mass is 370 g/mol. The van der Waals surface area contributed by atoms with Crippen molar-refractivity contribution in [1.82, 2.24) is 24.3 Å². The van der Waals surface area contributed by atoms with Gasteiger partial charge in [-0.1, -0.05) is 12.1 Å². The van der Waals surface area contributed by atoms with Crippen LogP contribution < -0.4 is 4.90 Å². The summed E-state index contributed by atoms with van der Waals surface area (Å²) < 4.78 is 23.5. The van der Waals surface area contributed by atoms with Crippen molar-refractivity contribution >= 4 is 17.0 Å². The molecule has 26 heavy (non-hydrogen) atoms. The molecule has 134 valence electrons. The van der Waals surface area contributed by atoms with E-state index in [2.05, 4.69) is 44.5 Å². The highest BCUT2D eigenvalue weighted by Crippen LogP contribution is 2.24. The fourth-order valence-corrected chi connectivity index (χ4v) is 3.46. The lowest BCUT2D eigenvalue weighted by Gasteiger charge is -2.33. The van der Waals surface area contributed by atoms with E-state index in [0.29, 0.717) is 18.9 Å². The van der Waals surface area contributed by atoms with Crippen molar-refractivity contribution in [3.8, 4) is 16.9 Å². The van der Waals surface area contributed by atoms with Gasteiger partial charge in [-0.3, -0.25) is 4.55 Å². The zero-order valence-electron chi connectivity index (χ0n) is 14.0. The largest absolute Gasteiger partial charge is 0.369 e. The van der Waals surface area contributed by atoms with Gasteiger partial charge in [0.05, 0.1) is 6.20 Å². The van der Waals surface area contributed by atoms with Crippen molar-refractivity contribution in [2.24, 2.45) is 0 Å². The summed E-state index contributed by atoms with van der Waals surface area (Å²) in [4.78, 5) is 2.22. The smallest absolute Gasteiger partial charge is 0.234 e. The molecular formula is C17H18N6O2S. The number of aromatic nitrogens is 4. The standard InChI is InChI=1S/C17H18N6O2S/c24-26(25)22-10-8-21(9-11-22)16-5-3-14(4-6-16)15-12-19-23(13-15)17-2-1-7-18-20-17/h1-7,12-13H,8-11H2,(H,24,25). The Morgan fingerprint density at radius 1 is 1.00 bits per heavy atom. The van der Waals surface area contributed by atoms with E-state index < -0.39 is 11.3 Å². The van der Waals surface area contributed by atoms with E-state index >= 15 is 0 Å². The van der Waals surface area contributed by atoms with Gasteiger partial charge in [0.2, 0.25) is 11.3 Å². The third kappa shape index (κ3) is 3.50. The first-order chi connectivity index (χ1) is 12.7. The van der Waals surface area contributed by atoms with Gasteiger partial charge < -0.3 is 4.90 Å². The van der Waals surface area contributed by atoms with Gasteiger partial charge >= 0.3 is 0 Å². The first-order valence-electron chi connectivity index (χ1n) is 8.25. The SMILES string of the molecule is O=S(O)N1CCN(c2ccc(-c3cnn(-c4cccnn4)c3)cc2)CC1. The zero-order chi connectivity index (χ0) is 17.9. The van der Waals surface area contributed by atoms with Crippen LogP contribution in [-0.4, -0.2) is 59.2 Å². The molecule has 0 spiro atoms. The second kappa shape index (κ2) is 7.32. The zero-order valence-corrected chi connectivity index (χ0v) is 14.8. The first kappa shape index (κ1) is 16.8. The predicted molar refractivity (Wildman–Crippen MR) is 99.1 cm³/mol. The molecule has 8 nitrogen and oxygen atoms in total. The Bertz CT molecular complexity index is 891. The number of hydrogen-bond donors (Lipinski definition) is 1. The molecule has 1 N–H and O–H groups in total. The maximum atomic E-state index is 11.1. The normalized spacial score (nSPS) is 16.6. The number of benzene rings is 1. The molecular weight excluding hydrogens is 352 g/mol. The minimum Gasteiger partial charge on any atom is -0.369 e. The molecule has 1 aliphatic rings. The third-order valence-electron chi connectivity index (χ3n) is 4.40. The molecule has 1 aliphatic heterocycles. The van der Waals surface area contributed by atoms with Crippen molar-refractivity contribution in [2.45, 2.75) is 0 Å². The first-order valence-corrected chi connectivity index (χ1v) is 9.31. The molecule has 1 saturated heterocycles. The highest BCUT2D eigenvalue weighted by Gasteiger charge is 2.20. The van der Waals surface area contributed by atoms with Crippen molar-refractivity contribution < 1.29 is 8.76 Å². The van der Waals surface area contributed by atoms with Crippen LogP contribution >= 0.6 is 0 Å². The predicted octanol–water partition coefficient (Wildman–Crippen LogP) is 1.59. The van der Waals surface area contributed by atoms with E-state index in [0.717, 1.165) is 29.9 Å². The lowest BCUT2D eigenvalue weighted by molar-refractivity contribution is 0.373. The fraction of sp³-hybridized carbons (Fsp3) is 0.235. The van der Waals surface area contributed by atoms with E-state index in [-0.39, 0.29) is 0 Å². The number of piperazine rings is 1. The summed E-state index contributed by atoms with van der Waals surface area (Å²) in [5.74, 6) is 0.675. The van der Waals surface area contributed by atoms with Gasteiger partial charge in [0, 0.05) is 49.8 Å². The van der Waals surface area contributed by atoms with Crippen LogP contribution in [-0.2, 0) is 11.3 Å². The van der Waals surface area contributed by atoms with E-state index in [1.165, 1.54) is 0 Å². The average Bonchev–Trinajstić information content (AvgIpc) is 3.19. The van der Waals surface area contributed by atoms with Crippen molar-refractivity contribution in [1.29, 1.82) is 0 Å². The Hall–Kier alpha value is -2.62. The summed E-state index contributed by atoms with van der Waals surface area (Å²) in [6.45, 7) is 2.62. The summed E-state index contributed by atoms with van der Waals surface area (Å²) in [5.41, 5.74) is 3.18. The van der Waals surface area contributed by atoms with Crippen LogP contribution in [0, 0.1) is 0 Å². The highest BCUT2D eigenvalue weighted by molar-refractivity contribution is 7.76. The Morgan fingerprint density at radius 2 is 1.77 bits per heavy atom. The molecule has 0 radical (unpaired) electrons. The Morgan fingerprint density at radius 3 is 2.42 bits per heavy atom. The number of hydrogen-bond acceptors (Lipinski definition) is 5. The van der Waals surface area contributed by atoms with Crippen LogP contribution in [0.25, 0.3) is 16.9 Å².